The summed E-state index contributed by atoms with van der Waals surface area (Å²) in [6.07, 6.45) is 10.4. The molecule has 0 aliphatic carbocycles. The summed E-state index contributed by atoms with van der Waals surface area (Å²) in [5, 5.41) is 0. The van der Waals surface area contributed by atoms with E-state index in [1.54, 1.807) is 0 Å². The van der Waals surface area contributed by atoms with Crippen LogP contribution in [0.3, 0.4) is 0 Å². The molecule has 0 radical (unpaired) electrons. The molecule has 0 unspecified atom stereocenters. The van der Waals surface area contributed by atoms with Crippen molar-refractivity contribution in [1.29, 1.82) is 0 Å². The second kappa shape index (κ2) is 9.02. The predicted molar refractivity (Wildman–Crippen MR) is 104 cm³/mol. The van der Waals surface area contributed by atoms with E-state index < -0.39 is 0 Å². The minimum atomic E-state index is 0.294. The van der Waals surface area contributed by atoms with Crippen LogP contribution in [0.25, 0.3) is 0 Å². The molecule has 138 valence electrons. The van der Waals surface area contributed by atoms with Gasteiger partial charge in [-0.05, 0) is 37.0 Å². The Hall–Kier alpha value is -1.84. The monoisotopic (exact) mass is 342 g/mol. The summed E-state index contributed by atoms with van der Waals surface area (Å²) in [6, 6.07) is 0. The second-order valence-corrected chi connectivity index (χ2v) is 8.98. The molecule has 0 aliphatic rings. The van der Waals surface area contributed by atoms with E-state index >= 15 is 0 Å². The predicted octanol–water partition coefficient (Wildman–Crippen LogP) is 5.00. The fourth-order valence-electron chi connectivity index (χ4n) is 2.25. The van der Waals surface area contributed by atoms with Crippen LogP contribution < -0.4 is 0 Å². The normalized spacial score (nSPS) is 11.7. The van der Waals surface area contributed by atoms with E-state index in [0.29, 0.717) is 10.8 Å². The van der Waals surface area contributed by atoms with Crippen LogP contribution in [0.1, 0.15) is 71.2 Å². The Morgan fingerprint density at radius 1 is 0.640 bits per heavy atom. The first-order chi connectivity index (χ1) is 11.5. The van der Waals surface area contributed by atoms with Crippen LogP contribution in [0, 0.1) is 17.8 Å². The summed E-state index contributed by atoms with van der Waals surface area (Å²) in [4.78, 5) is 17.2. The molecule has 2 rings (SSSR count). The summed E-state index contributed by atoms with van der Waals surface area (Å²) in [5.41, 5.74) is 4.80. The highest BCUT2D eigenvalue weighted by atomic mass is 14.8. The van der Waals surface area contributed by atoms with Crippen molar-refractivity contribution in [2.75, 3.05) is 0 Å². The van der Waals surface area contributed by atoms with E-state index in [-0.39, 0.29) is 0 Å². The third kappa shape index (κ3) is 9.90. The lowest BCUT2D eigenvalue weighted by Crippen LogP contribution is -2.10. The van der Waals surface area contributed by atoms with Crippen molar-refractivity contribution in [3.8, 4) is 0 Å². The first-order valence-electron chi connectivity index (χ1n) is 9.06. The quantitative estimate of drug-likeness (QED) is 0.787. The van der Waals surface area contributed by atoms with Crippen LogP contribution in [-0.4, -0.2) is 19.9 Å². The number of hydrogen-bond donors (Lipinski definition) is 0. The molecular formula is C21H34N4. The van der Waals surface area contributed by atoms with Gasteiger partial charge < -0.3 is 0 Å². The Kier molecular flexibility index (Phi) is 7.65. The molecule has 0 spiro atoms. The van der Waals surface area contributed by atoms with Gasteiger partial charge in [0.25, 0.3) is 0 Å². The van der Waals surface area contributed by atoms with Crippen molar-refractivity contribution in [3.05, 3.63) is 47.6 Å². The molecule has 0 N–H and O–H groups in total. The lowest BCUT2D eigenvalue weighted by atomic mass is 9.91. The smallest absolute Gasteiger partial charge is 0.0592 e. The Morgan fingerprint density at radius 2 is 1.04 bits per heavy atom. The fraction of sp³-hybridized carbons (Fsp3) is 0.619. The molecule has 2 aromatic rings. The molecule has 0 fully saturated rings. The van der Waals surface area contributed by atoms with Crippen LogP contribution in [0.2, 0.25) is 0 Å². The van der Waals surface area contributed by atoms with Gasteiger partial charge in [0.15, 0.2) is 0 Å². The van der Waals surface area contributed by atoms with E-state index in [0.717, 1.165) is 42.0 Å². The lowest BCUT2D eigenvalue weighted by molar-refractivity contribution is 0.405. The summed E-state index contributed by atoms with van der Waals surface area (Å²) in [6.45, 7) is 17.3. The molecule has 0 amide bonds. The van der Waals surface area contributed by atoms with Crippen molar-refractivity contribution < 1.29 is 0 Å². The van der Waals surface area contributed by atoms with E-state index in [1.807, 2.05) is 31.7 Å². The molecule has 4 nitrogen and oxygen atoms in total. The topological polar surface area (TPSA) is 51.6 Å². The molecule has 0 saturated carbocycles. The van der Waals surface area contributed by atoms with Gasteiger partial charge in [0.05, 0.1) is 22.8 Å². The SMILES string of the molecule is CCc1cnc(CC(C)(C)C)cn1.Cc1cnc(CC(C)(C)C)cn1. The van der Waals surface area contributed by atoms with Gasteiger partial charge in [-0.2, -0.15) is 0 Å². The highest BCUT2D eigenvalue weighted by molar-refractivity contribution is 5.04. The van der Waals surface area contributed by atoms with Crippen LogP contribution in [0.15, 0.2) is 24.8 Å². The largest absolute Gasteiger partial charge is 0.258 e. The van der Waals surface area contributed by atoms with Gasteiger partial charge in [-0.1, -0.05) is 48.5 Å². The molecule has 0 bridgehead atoms. The molecule has 2 heterocycles. The van der Waals surface area contributed by atoms with E-state index in [2.05, 4.69) is 68.4 Å². The van der Waals surface area contributed by atoms with Crippen molar-refractivity contribution in [2.45, 2.75) is 74.7 Å². The molecule has 0 saturated heterocycles. The van der Waals surface area contributed by atoms with Crippen LogP contribution in [0.4, 0.5) is 0 Å². The maximum absolute atomic E-state index is 4.37. The summed E-state index contributed by atoms with van der Waals surface area (Å²) in [7, 11) is 0. The molecule has 25 heavy (non-hydrogen) atoms. The van der Waals surface area contributed by atoms with Gasteiger partial charge >= 0.3 is 0 Å². The highest BCUT2D eigenvalue weighted by Crippen LogP contribution is 2.19. The first-order valence-corrected chi connectivity index (χ1v) is 9.06. The Labute approximate surface area is 153 Å². The van der Waals surface area contributed by atoms with Gasteiger partial charge in [0.1, 0.15) is 0 Å². The Balaban J connectivity index is 0.000000251. The van der Waals surface area contributed by atoms with Crippen LogP contribution >= 0.6 is 0 Å². The Morgan fingerprint density at radius 3 is 1.36 bits per heavy atom. The van der Waals surface area contributed by atoms with E-state index in [4.69, 9.17) is 0 Å². The molecule has 4 heteroatoms. The standard InChI is InChI=1S/C11H18N2.C10H16N2/c1-5-9-7-13-10(8-12-9)6-11(2,3)4;1-8-6-12-9(7-11-8)5-10(2,3)4/h7-8H,5-6H2,1-4H3;6-7H,5H2,1-4H3. The number of rotatable bonds is 3. The van der Waals surface area contributed by atoms with Gasteiger partial charge in [0.2, 0.25) is 0 Å². The molecule has 0 aliphatic heterocycles. The fourth-order valence-corrected chi connectivity index (χ4v) is 2.25. The van der Waals surface area contributed by atoms with Crippen molar-refractivity contribution in [2.24, 2.45) is 10.8 Å². The molecular weight excluding hydrogens is 308 g/mol. The average Bonchev–Trinajstić information content (AvgIpc) is 2.48. The molecule has 2 aromatic heterocycles. The summed E-state index contributed by atoms with van der Waals surface area (Å²) >= 11 is 0. The zero-order valence-corrected chi connectivity index (χ0v) is 17.2. The minimum Gasteiger partial charge on any atom is -0.258 e. The molecule has 0 aromatic carbocycles. The van der Waals surface area contributed by atoms with Gasteiger partial charge in [-0.25, -0.2) is 0 Å². The maximum Gasteiger partial charge on any atom is 0.0592 e. The third-order valence-electron chi connectivity index (χ3n) is 3.38. The molecule has 0 atom stereocenters. The number of nitrogens with zero attached hydrogens (tertiary/aromatic N) is 4. The van der Waals surface area contributed by atoms with Crippen molar-refractivity contribution in [3.63, 3.8) is 0 Å². The minimum absolute atomic E-state index is 0.294. The van der Waals surface area contributed by atoms with Gasteiger partial charge in [-0.3, -0.25) is 19.9 Å². The highest BCUT2D eigenvalue weighted by Gasteiger charge is 2.12. The average molecular weight is 343 g/mol. The second-order valence-electron chi connectivity index (χ2n) is 8.98. The number of aryl methyl sites for hydroxylation is 2. The summed E-state index contributed by atoms with van der Waals surface area (Å²) < 4.78 is 0. The van der Waals surface area contributed by atoms with Crippen LogP contribution in [0.5, 0.6) is 0 Å². The zero-order chi connectivity index (χ0) is 19.1. The lowest BCUT2D eigenvalue weighted by Gasteiger charge is -2.16. The van der Waals surface area contributed by atoms with Crippen molar-refractivity contribution in [1.82, 2.24) is 19.9 Å². The van der Waals surface area contributed by atoms with Gasteiger partial charge in [-0.15, -0.1) is 0 Å². The zero-order valence-electron chi connectivity index (χ0n) is 17.2. The van der Waals surface area contributed by atoms with E-state index in [1.165, 1.54) is 0 Å². The number of hydrogen-bond acceptors (Lipinski definition) is 4. The first kappa shape index (κ1) is 21.2. The number of aromatic nitrogens is 4. The Bertz CT molecular complexity index is 617. The van der Waals surface area contributed by atoms with Crippen LogP contribution in [-0.2, 0) is 19.3 Å². The summed E-state index contributed by atoms with van der Waals surface area (Å²) in [5.74, 6) is 0. The van der Waals surface area contributed by atoms with Gasteiger partial charge in [0, 0.05) is 24.8 Å². The van der Waals surface area contributed by atoms with E-state index in [9.17, 15) is 0 Å². The van der Waals surface area contributed by atoms with Crippen molar-refractivity contribution >= 4 is 0 Å². The maximum atomic E-state index is 4.37. The third-order valence-corrected chi connectivity index (χ3v) is 3.38.